The Bertz CT molecular complexity index is 703. The molecule has 0 rings (SSSR count). The van der Waals surface area contributed by atoms with Crippen LogP contribution in [0.4, 0.5) is 0 Å². The number of rotatable bonds is 14. The molecule has 0 aromatic carbocycles. The van der Waals surface area contributed by atoms with Crippen molar-refractivity contribution in [3.8, 4) is 0 Å². The van der Waals surface area contributed by atoms with Gasteiger partial charge in [0.15, 0.2) is 6.04 Å². The van der Waals surface area contributed by atoms with Gasteiger partial charge >= 0.3 is 11.9 Å². The molecule has 4 amide bonds. The van der Waals surface area contributed by atoms with Crippen LogP contribution in [0, 0.1) is 0 Å². The Morgan fingerprint density at radius 2 is 1.45 bits per heavy atom. The lowest BCUT2D eigenvalue weighted by Gasteiger charge is -2.25. The summed E-state index contributed by atoms with van der Waals surface area (Å²) in [5, 5.41) is 33.8. The van der Waals surface area contributed by atoms with Gasteiger partial charge in [-0.3, -0.25) is 24.0 Å². The second-order valence-corrected chi connectivity index (χ2v) is 6.94. The van der Waals surface area contributed by atoms with E-state index in [-0.39, 0.29) is 18.6 Å². The molecule has 5 unspecified atom stereocenters. The molecule has 0 radical (unpaired) electrons. The van der Waals surface area contributed by atoms with Crippen LogP contribution in [0.1, 0.15) is 26.2 Å². The number of carboxylic acid groups (broad SMARTS) is 2. The number of hydrogen-bond acceptors (Lipinski definition) is 9. The number of amides is 4. The van der Waals surface area contributed by atoms with Gasteiger partial charge in [-0.15, -0.1) is 0 Å². The van der Waals surface area contributed by atoms with Crippen molar-refractivity contribution in [2.45, 2.75) is 56.5 Å². The highest BCUT2D eigenvalue weighted by Gasteiger charge is 2.32. The van der Waals surface area contributed by atoms with E-state index >= 15 is 0 Å². The smallest absolute Gasteiger partial charge is 0.328 e. The first kappa shape index (κ1) is 28.1. The fraction of sp³-hybridized carbons (Fsp3) is 0.625. The minimum Gasteiger partial charge on any atom is -0.481 e. The molecule has 0 saturated carbocycles. The Balaban J connectivity index is 5.55. The van der Waals surface area contributed by atoms with E-state index in [4.69, 9.17) is 21.7 Å². The Kier molecular flexibility index (Phi) is 12.1. The van der Waals surface area contributed by atoms with Crippen molar-refractivity contribution >= 4 is 48.2 Å². The first-order valence-corrected chi connectivity index (χ1v) is 9.61. The summed E-state index contributed by atoms with van der Waals surface area (Å²) in [5.74, 6) is -6.96. The van der Waals surface area contributed by atoms with Crippen molar-refractivity contribution in [3.63, 3.8) is 0 Å². The molecule has 14 nitrogen and oxygen atoms in total. The number of nitrogens with one attached hydrogen (secondary N) is 3. The predicted molar refractivity (Wildman–Crippen MR) is 108 cm³/mol. The van der Waals surface area contributed by atoms with Crippen LogP contribution >= 0.6 is 12.6 Å². The fourth-order valence-corrected chi connectivity index (χ4v) is 2.38. The first-order chi connectivity index (χ1) is 14.3. The zero-order chi connectivity index (χ0) is 24.3. The molecule has 0 heterocycles. The Morgan fingerprint density at radius 3 is 1.87 bits per heavy atom. The maximum Gasteiger partial charge on any atom is 0.328 e. The van der Waals surface area contributed by atoms with Crippen LogP contribution in [0.25, 0.3) is 0 Å². The average Bonchev–Trinajstić information content (AvgIpc) is 2.66. The van der Waals surface area contributed by atoms with Gasteiger partial charge in [0.25, 0.3) is 0 Å². The largest absolute Gasteiger partial charge is 0.481 e. The molecule has 0 saturated heterocycles. The molecule has 0 bridgehead atoms. The summed E-state index contributed by atoms with van der Waals surface area (Å²) in [7, 11) is 0. The lowest BCUT2D eigenvalue weighted by molar-refractivity contribution is -0.145. The molecule has 0 aliphatic rings. The summed E-state index contributed by atoms with van der Waals surface area (Å²) in [4.78, 5) is 70.2. The Hall–Kier alpha value is -2.91. The molecule has 15 heteroatoms. The molecule has 0 spiro atoms. The minimum atomic E-state index is -1.72. The summed E-state index contributed by atoms with van der Waals surface area (Å²) >= 11 is 3.83. The van der Waals surface area contributed by atoms with Gasteiger partial charge in [0.05, 0.1) is 18.6 Å². The van der Waals surface area contributed by atoms with E-state index in [9.17, 15) is 33.9 Å². The number of thiol groups is 1. The van der Waals surface area contributed by atoms with Crippen LogP contribution < -0.4 is 27.4 Å². The number of aliphatic carboxylic acids is 2. The highest BCUT2D eigenvalue weighted by atomic mass is 32.1. The van der Waals surface area contributed by atoms with Gasteiger partial charge in [-0.05, 0) is 13.3 Å². The van der Waals surface area contributed by atoms with Gasteiger partial charge in [-0.25, -0.2) is 4.79 Å². The third-order valence-electron chi connectivity index (χ3n) is 3.90. The normalized spacial score (nSPS) is 15.5. The number of carbonyl (C=O) groups excluding carboxylic acids is 4. The van der Waals surface area contributed by atoms with Gasteiger partial charge in [0, 0.05) is 12.2 Å². The summed E-state index contributed by atoms with van der Waals surface area (Å²) in [5.41, 5.74) is 10.5. The zero-order valence-electron chi connectivity index (χ0n) is 16.6. The van der Waals surface area contributed by atoms with Crippen LogP contribution in [-0.4, -0.2) is 86.9 Å². The highest BCUT2D eigenvalue weighted by molar-refractivity contribution is 7.80. The average molecular weight is 465 g/mol. The van der Waals surface area contributed by atoms with Crippen molar-refractivity contribution in [2.24, 2.45) is 11.5 Å². The third-order valence-corrected chi connectivity index (χ3v) is 4.30. The standard InChI is InChI=1S/C16H27N5O9S/c1-6(22)12(16(29)30)21-14(27)8(2-3-10(18)23)19-15(28)9(4-11(24)25)20-13(26)7(17)5-31/h6-9,12,22,31H,2-5,17H2,1H3,(H2,18,23)(H,19,28)(H,20,26)(H,21,27)(H,24,25)(H,29,30). The van der Waals surface area contributed by atoms with Crippen LogP contribution in [0.5, 0.6) is 0 Å². The van der Waals surface area contributed by atoms with Crippen molar-refractivity contribution < 1.29 is 44.1 Å². The lowest BCUT2D eigenvalue weighted by Crippen LogP contribution is -2.58. The topological polar surface area (TPSA) is 251 Å². The summed E-state index contributed by atoms with van der Waals surface area (Å²) in [6.07, 6.45) is -3.09. The van der Waals surface area contributed by atoms with Gasteiger partial charge in [-0.2, -0.15) is 12.6 Å². The number of carboxylic acids is 2. The summed E-state index contributed by atoms with van der Waals surface area (Å²) < 4.78 is 0. The molecule has 0 fully saturated rings. The number of nitrogens with two attached hydrogens (primary N) is 2. The second kappa shape index (κ2) is 13.4. The number of aliphatic hydroxyl groups excluding tert-OH is 1. The maximum absolute atomic E-state index is 12.5. The van der Waals surface area contributed by atoms with Crippen molar-refractivity contribution in [1.29, 1.82) is 0 Å². The van der Waals surface area contributed by atoms with E-state index in [0.717, 1.165) is 6.92 Å². The molecule has 0 aromatic rings. The van der Waals surface area contributed by atoms with Crippen LogP contribution in [0.3, 0.4) is 0 Å². The van der Waals surface area contributed by atoms with E-state index in [1.165, 1.54) is 0 Å². The van der Waals surface area contributed by atoms with Crippen molar-refractivity contribution in [1.82, 2.24) is 16.0 Å². The number of carbonyl (C=O) groups is 6. The van der Waals surface area contributed by atoms with Crippen molar-refractivity contribution in [2.75, 3.05) is 5.75 Å². The number of hydrogen-bond donors (Lipinski definition) is 9. The van der Waals surface area contributed by atoms with Gasteiger partial charge in [0.1, 0.15) is 12.1 Å². The molecular formula is C16H27N5O9S. The SMILES string of the molecule is CC(O)C(NC(=O)C(CCC(N)=O)NC(=O)C(CC(=O)O)NC(=O)C(N)CS)C(=O)O. The monoisotopic (exact) mass is 465 g/mol. The highest BCUT2D eigenvalue weighted by Crippen LogP contribution is 2.03. The first-order valence-electron chi connectivity index (χ1n) is 8.98. The Labute approximate surface area is 182 Å². The van der Waals surface area contributed by atoms with Gasteiger partial charge in [-0.1, -0.05) is 0 Å². The summed E-state index contributed by atoms with van der Waals surface area (Å²) in [6.45, 7) is 1.11. The number of primary amides is 1. The van der Waals surface area contributed by atoms with E-state index in [0.29, 0.717) is 0 Å². The zero-order valence-corrected chi connectivity index (χ0v) is 17.5. The molecule has 31 heavy (non-hydrogen) atoms. The van der Waals surface area contributed by atoms with E-state index in [1.807, 2.05) is 5.32 Å². The molecule has 0 aromatic heterocycles. The van der Waals surface area contributed by atoms with E-state index < -0.39 is 72.3 Å². The summed E-state index contributed by atoms with van der Waals surface area (Å²) in [6, 6.07) is -6.01. The van der Waals surface area contributed by atoms with Crippen molar-refractivity contribution in [3.05, 3.63) is 0 Å². The van der Waals surface area contributed by atoms with Crippen LogP contribution in [-0.2, 0) is 28.8 Å². The molecule has 0 aliphatic heterocycles. The quantitative estimate of drug-likeness (QED) is 0.112. The Morgan fingerprint density at radius 1 is 0.935 bits per heavy atom. The lowest BCUT2D eigenvalue weighted by atomic mass is 10.1. The van der Waals surface area contributed by atoms with E-state index in [2.05, 4.69) is 23.3 Å². The molecular weight excluding hydrogens is 438 g/mol. The third kappa shape index (κ3) is 10.6. The molecule has 10 N–H and O–H groups in total. The van der Waals surface area contributed by atoms with Crippen LogP contribution in [0.2, 0.25) is 0 Å². The minimum absolute atomic E-state index is 0.0905. The van der Waals surface area contributed by atoms with Gasteiger partial charge < -0.3 is 42.7 Å². The molecule has 5 atom stereocenters. The fourth-order valence-electron chi connectivity index (χ4n) is 2.22. The second-order valence-electron chi connectivity index (χ2n) is 6.58. The van der Waals surface area contributed by atoms with Crippen LogP contribution in [0.15, 0.2) is 0 Å². The maximum atomic E-state index is 12.5. The van der Waals surface area contributed by atoms with Gasteiger partial charge in [0.2, 0.25) is 23.6 Å². The number of aliphatic hydroxyl groups is 1. The molecule has 176 valence electrons. The molecule has 0 aliphatic carbocycles. The van der Waals surface area contributed by atoms with E-state index in [1.54, 1.807) is 0 Å². The predicted octanol–water partition coefficient (Wildman–Crippen LogP) is -4.10.